The Morgan fingerprint density at radius 3 is 2.55 bits per heavy atom. The average molecular weight is 393 g/mol. The first kappa shape index (κ1) is 19.9. The Morgan fingerprint density at radius 2 is 1.79 bits per heavy atom. The van der Waals surface area contributed by atoms with Crippen LogP contribution in [0.5, 0.6) is 0 Å². The summed E-state index contributed by atoms with van der Waals surface area (Å²) < 4.78 is 0. The number of aryl methyl sites for hydroxylation is 1. The van der Waals surface area contributed by atoms with Gasteiger partial charge < -0.3 is 15.1 Å². The van der Waals surface area contributed by atoms with Crippen molar-refractivity contribution in [2.45, 2.75) is 19.4 Å². The van der Waals surface area contributed by atoms with Gasteiger partial charge in [0.15, 0.2) is 0 Å². The van der Waals surface area contributed by atoms with Gasteiger partial charge in [-0.15, -0.1) is 0 Å². The fraction of sp³-hybridized carbons (Fsp3) is 0.458. The minimum atomic E-state index is 0.0168. The topological polar surface area (TPSA) is 38.8 Å². The molecule has 0 aromatic heterocycles. The molecule has 5 heteroatoms. The Hall–Kier alpha value is -2.37. The van der Waals surface area contributed by atoms with Gasteiger partial charge >= 0.3 is 0 Å². The summed E-state index contributed by atoms with van der Waals surface area (Å²) in [5.41, 5.74) is 5.86. The Bertz CT molecular complexity index is 873. The first-order valence-corrected chi connectivity index (χ1v) is 10.6. The number of benzene rings is 2. The van der Waals surface area contributed by atoms with Crippen molar-refractivity contribution in [2.75, 3.05) is 58.3 Å². The highest BCUT2D eigenvalue weighted by molar-refractivity contribution is 5.95. The number of amides is 1. The van der Waals surface area contributed by atoms with E-state index in [4.69, 9.17) is 0 Å². The second-order valence-electron chi connectivity index (χ2n) is 8.44. The molecular formula is C24H32N4O. The van der Waals surface area contributed by atoms with Gasteiger partial charge in [0, 0.05) is 57.6 Å². The maximum Gasteiger partial charge on any atom is 0.251 e. The van der Waals surface area contributed by atoms with Crippen molar-refractivity contribution >= 4 is 11.6 Å². The van der Waals surface area contributed by atoms with Gasteiger partial charge in [-0.05, 0) is 49.2 Å². The highest BCUT2D eigenvalue weighted by Gasteiger charge is 2.26. The van der Waals surface area contributed by atoms with Gasteiger partial charge in [-0.1, -0.05) is 30.3 Å². The summed E-state index contributed by atoms with van der Waals surface area (Å²) in [6.45, 7) is 7.89. The van der Waals surface area contributed by atoms with Crippen molar-refractivity contribution in [1.29, 1.82) is 0 Å². The van der Waals surface area contributed by atoms with E-state index in [1.165, 1.54) is 16.8 Å². The Balaban J connectivity index is 1.54. The molecule has 1 saturated heterocycles. The van der Waals surface area contributed by atoms with E-state index in [0.717, 1.165) is 50.3 Å². The predicted octanol–water partition coefficient (Wildman–Crippen LogP) is 2.71. The number of carbonyl (C=O) groups is 1. The van der Waals surface area contributed by atoms with E-state index < -0.39 is 0 Å². The molecule has 0 spiro atoms. The minimum Gasteiger partial charge on any atom is -0.374 e. The van der Waals surface area contributed by atoms with Crippen LogP contribution in [0.25, 0.3) is 0 Å². The molecule has 1 amide bonds. The van der Waals surface area contributed by atoms with E-state index in [1.54, 1.807) is 0 Å². The van der Waals surface area contributed by atoms with E-state index in [9.17, 15) is 4.79 Å². The first-order chi connectivity index (χ1) is 14.0. The van der Waals surface area contributed by atoms with Gasteiger partial charge in [0.25, 0.3) is 5.91 Å². The third-order valence-electron chi connectivity index (χ3n) is 6.44. The monoisotopic (exact) mass is 392 g/mol. The van der Waals surface area contributed by atoms with E-state index in [-0.39, 0.29) is 11.9 Å². The predicted molar refractivity (Wildman–Crippen MR) is 119 cm³/mol. The number of anilines is 1. The number of hydrogen-bond donors (Lipinski definition) is 1. The van der Waals surface area contributed by atoms with Crippen molar-refractivity contribution in [2.24, 2.45) is 0 Å². The number of nitrogens with zero attached hydrogens (tertiary/aromatic N) is 3. The van der Waals surface area contributed by atoms with Gasteiger partial charge in [-0.2, -0.15) is 0 Å². The zero-order valence-electron chi connectivity index (χ0n) is 17.8. The average Bonchev–Trinajstić information content (AvgIpc) is 3.10. The van der Waals surface area contributed by atoms with Crippen LogP contribution < -0.4 is 10.2 Å². The summed E-state index contributed by atoms with van der Waals surface area (Å²) in [5.74, 6) is 0.0168. The minimum absolute atomic E-state index is 0.0168. The molecule has 2 aromatic rings. The Labute approximate surface area is 174 Å². The number of fused-ring (bicyclic) bond motifs is 1. The van der Waals surface area contributed by atoms with Crippen LogP contribution in [0.3, 0.4) is 0 Å². The largest absolute Gasteiger partial charge is 0.374 e. The molecule has 0 bridgehead atoms. The number of hydrogen-bond acceptors (Lipinski definition) is 4. The van der Waals surface area contributed by atoms with E-state index in [0.29, 0.717) is 6.54 Å². The van der Waals surface area contributed by atoms with Gasteiger partial charge in [-0.25, -0.2) is 0 Å². The highest BCUT2D eigenvalue weighted by atomic mass is 16.1. The molecule has 1 N–H and O–H groups in total. The maximum absolute atomic E-state index is 12.8. The van der Waals surface area contributed by atoms with Gasteiger partial charge in [-0.3, -0.25) is 9.69 Å². The molecule has 1 unspecified atom stereocenters. The van der Waals surface area contributed by atoms with Crippen molar-refractivity contribution in [3.8, 4) is 0 Å². The summed E-state index contributed by atoms with van der Waals surface area (Å²) >= 11 is 0. The molecular weight excluding hydrogens is 360 g/mol. The molecule has 0 radical (unpaired) electrons. The van der Waals surface area contributed by atoms with Crippen LogP contribution in [0, 0.1) is 6.92 Å². The lowest BCUT2D eigenvalue weighted by Gasteiger charge is -2.38. The van der Waals surface area contributed by atoms with Crippen molar-refractivity contribution in [1.82, 2.24) is 15.1 Å². The second kappa shape index (κ2) is 8.56. The molecule has 2 aliphatic rings. The number of piperazine rings is 1. The summed E-state index contributed by atoms with van der Waals surface area (Å²) in [4.78, 5) is 20.0. The molecule has 1 fully saturated rings. The third-order valence-corrected chi connectivity index (χ3v) is 6.44. The lowest BCUT2D eigenvalue weighted by atomic mass is 9.99. The maximum atomic E-state index is 12.8. The molecule has 0 saturated carbocycles. The normalized spacial score (nSPS) is 18.5. The van der Waals surface area contributed by atoms with Crippen LogP contribution in [0.2, 0.25) is 0 Å². The zero-order valence-corrected chi connectivity index (χ0v) is 17.8. The lowest BCUT2D eigenvalue weighted by Crippen LogP contribution is -2.48. The molecule has 2 aliphatic heterocycles. The Morgan fingerprint density at radius 1 is 1.03 bits per heavy atom. The fourth-order valence-corrected chi connectivity index (χ4v) is 4.50. The van der Waals surface area contributed by atoms with Crippen LogP contribution in [-0.2, 0) is 6.42 Å². The quantitative estimate of drug-likeness (QED) is 0.849. The van der Waals surface area contributed by atoms with Crippen LogP contribution >= 0.6 is 0 Å². The summed E-state index contributed by atoms with van der Waals surface area (Å²) in [6.07, 6.45) is 1.10. The Kier molecular flexibility index (Phi) is 5.88. The number of nitrogens with one attached hydrogen (secondary N) is 1. The van der Waals surface area contributed by atoms with Crippen LogP contribution in [0.1, 0.15) is 33.1 Å². The fourth-order valence-electron chi connectivity index (χ4n) is 4.50. The van der Waals surface area contributed by atoms with Gasteiger partial charge in [0.1, 0.15) is 0 Å². The zero-order chi connectivity index (χ0) is 20.4. The molecule has 2 aromatic carbocycles. The molecule has 29 heavy (non-hydrogen) atoms. The van der Waals surface area contributed by atoms with E-state index >= 15 is 0 Å². The van der Waals surface area contributed by atoms with Crippen LogP contribution in [0.4, 0.5) is 5.69 Å². The molecule has 2 heterocycles. The second-order valence-corrected chi connectivity index (χ2v) is 8.44. The number of likely N-dealkylation sites (N-methyl/N-ethyl adjacent to an activating group) is 2. The van der Waals surface area contributed by atoms with Crippen molar-refractivity contribution in [3.05, 3.63) is 64.7 Å². The highest BCUT2D eigenvalue weighted by Crippen LogP contribution is 2.31. The van der Waals surface area contributed by atoms with Crippen LogP contribution in [-0.4, -0.2) is 69.1 Å². The van der Waals surface area contributed by atoms with Crippen molar-refractivity contribution in [3.63, 3.8) is 0 Å². The summed E-state index contributed by atoms with van der Waals surface area (Å²) in [7, 11) is 4.34. The SMILES string of the molecule is Cc1ccccc1C(=O)NCC(c1ccc2c(c1)CCN2C)N1CCN(C)CC1. The summed E-state index contributed by atoms with van der Waals surface area (Å²) in [6, 6.07) is 14.9. The van der Waals surface area contributed by atoms with Crippen LogP contribution in [0.15, 0.2) is 42.5 Å². The molecule has 154 valence electrons. The molecule has 5 nitrogen and oxygen atoms in total. The molecule has 0 aliphatic carbocycles. The smallest absolute Gasteiger partial charge is 0.251 e. The van der Waals surface area contributed by atoms with Crippen molar-refractivity contribution < 1.29 is 4.79 Å². The van der Waals surface area contributed by atoms with Gasteiger partial charge in [0.05, 0.1) is 6.04 Å². The lowest BCUT2D eigenvalue weighted by molar-refractivity contribution is 0.0885. The first-order valence-electron chi connectivity index (χ1n) is 10.6. The standard InChI is InChI=1S/C24H32N4O/c1-18-6-4-5-7-21(18)24(29)25-17-23(28-14-12-26(2)13-15-28)19-8-9-22-20(16-19)10-11-27(22)3/h4-9,16,23H,10-15,17H2,1-3H3,(H,25,29). The van der Waals surface area contributed by atoms with E-state index in [2.05, 4.69) is 52.3 Å². The van der Waals surface area contributed by atoms with Gasteiger partial charge in [0.2, 0.25) is 0 Å². The van der Waals surface area contributed by atoms with E-state index in [1.807, 2.05) is 31.2 Å². The number of carbonyl (C=O) groups excluding carboxylic acids is 1. The molecule has 4 rings (SSSR count). The molecule has 1 atom stereocenters. The third kappa shape index (κ3) is 4.31. The number of rotatable bonds is 5. The summed E-state index contributed by atoms with van der Waals surface area (Å²) in [5, 5.41) is 3.22.